The van der Waals surface area contributed by atoms with Crippen molar-refractivity contribution in [3.8, 4) is 5.75 Å². The van der Waals surface area contributed by atoms with Crippen LogP contribution in [0.15, 0.2) is 41.1 Å². The Balaban J connectivity index is 1.58. The average molecular weight is 373 g/mol. The van der Waals surface area contributed by atoms with Crippen molar-refractivity contribution in [2.75, 3.05) is 26.7 Å². The number of hydrogen-bond acceptors (Lipinski definition) is 4. The minimum Gasteiger partial charge on any atom is -0.497 e. The first-order valence-corrected chi connectivity index (χ1v) is 10.4. The van der Waals surface area contributed by atoms with E-state index in [0.29, 0.717) is 13.0 Å². The van der Waals surface area contributed by atoms with E-state index in [1.54, 1.807) is 18.4 Å². The number of benzene rings is 1. The molecule has 0 radical (unpaired) electrons. The summed E-state index contributed by atoms with van der Waals surface area (Å²) in [5, 5.41) is 7.50. The monoisotopic (exact) mass is 372 g/mol. The molecule has 4 nitrogen and oxygen atoms in total. The predicted octanol–water partition coefficient (Wildman–Crippen LogP) is 4.03. The van der Waals surface area contributed by atoms with Crippen LogP contribution in [-0.4, -0.2) is 37.6 Å². The molecule has 1 amide bonds. The van der Waals surface area contributed by atoms with Gasteiger partial charge in [0.1, 0.15) is 5.75 Å². The third-order valence-corrected chi connectivity index (χ3v) is 5.73. The van der Waals surface area contributed by atoms with E-state index in [1.807, 2.05) is 24.3 Å². The number of carbonyl (C=O) groups is 1. The van der Waals surface area contributed by atoms with E-state index in [0.717, 1.165) is 24.4 Å². The van der Waals surface area contributed by atoms with Gasteiger partial charge in [0.05, 0.1) is 19.6 Å². The SMILES string of the molecule is COc1ccc(CC(=O)NC[C@H](c2ccsc2)N2CCCCCC2)cc1. The number of ether oxygens (including phenoxy) is 1. The van der Waals surface area contributed by atoms with E-state index in [4.69, 9.17) is 4.74 Å². The Morgan fingerprint density at radius 2 is 1.88 bits per heavy atom. The lowest BCUT2D eigenvalue weighted by Gasteiger charge is -2.30. The van der Waals surface area contributed by atoms with Gasteiger partial charge in [0.15, 0.2) is 0 Å². The lowest BCUT2D eigenvalue weighted by molar-refractivity contribution is -0.120. The van der Waals surface area contributed by atoms with Gasteiger partial charge in [0.2, 0.25) is 5.91 Å². The molecule has 1 saturated heterocycles. The second-order valence-electron chi connectivity index (χ2n) is 6.85. The molecule has 0 bridgehead atoms. The van der Waals surface area contributed by atoms with E-state index in [-0.39, 0.29) is 11.9 Å². The van der Waals surface area contributed by atoms with E-state index in [1.165, 1.54) is 31.2 Å². The summed E-state index contributed by atoms with van der Waals surface area (Å²) < 4.78 is 5.17. The largest absolute Gasteiger partial charge is 0.497 e. The van der Waals surface area contributed by atoms with Gasteiger partial charge < -0.3 is 10.1 Å². The Hall–Kier alpha value is -1.85. The second kappa shape index (κ2) is 9.74. The Morgan fingerprint density at radius 1 is 1.15 bits per heavy atom. The zero-order valence-electron chi connectivity index (χ0n) is 15.4. The van der Waals surface area contributed by atoms with Crippen molar-refractivity contribution in [3.05, 3.63) is 52.2 Å². The quantitative estimate of drug-likeness (QED) is 0.798. The van der Waals surface area contributed by atoms with Gasteiger partial charge in [-0.1, -0.05) is 25.0 Å². The lowest BCUT2D eigenvalue weighted by atomic mass is 10.1. The number of rotatable bonds is 7. The molecule has 26 heavy (non-hydrogen) atoms. The molecule has 1 aliphatic heterocycles. The number of likely N-dealkylation sites (tertiary alicyclic amines) is 1. The minimum absolute atomic E-state index is 0.0743. The number of carbonyl (C=O) groups excluding carboxylic acids is 1. The van der Waals surface area contributed by atoms with Gasteiger partial charge in [0, 0.05) is 6.54 Å². The van der Waals surface area contributed by atoms with Gasteiger partial charge in [-0.2, -0.15) is 11.3 Å². The maximum atomic E-state index is 12.4. The van der Waals surface area contributed by atoms with Crippen LogP contribution in [0.1, 0.15) is 42.9 Å². The molecule has 1 fully saturated rings. The van der Waals surface area contributed by atoms with Gasteiger partial charge >= 0.3 is 0 Å². The zero-order valence-corrected chi connectivity index (χ0v) is 16.3. The zero-order chi connectivity index (χ0) is 18.2. The fraction of sp³-hybridized carbons (Fsp3) is 0.476. The fourth-order valence-corrected chi connectivity index (χ4v) is 4.24. The van der Waals surface area contributed by atoms with Crippen LogP contribution in [-0.2, 0) is 11.2 Å². The molecule has 0 unspecified atom stereocenters. The molecule has 0 spiro atoms. The van der Waals surface area contributed by atoms with Gasteiger partial charge in [-0.3, -0.25) is 9.69 Å². The Morgan fingerprint density at radius 3 is 2.50 bits per heavy atom. The van der Waals surface area contributed by atoms with Crippen LogP contribution < -0.4 is 10.1 Å². The third kappa shape index (κ3) is 5.32. The maximum Gasteiger partial charge on any atom is 0.224 e. The van der Waals surface area contributed by atoms with Gasteiger partial charge in [-0.15, -0.1) is 0 Å². The molecule has 1 atom stereocenters. The molecule has 2 aromatic rings. The molecular weight excluding hydrogens is 344 g/mol. The van der Waals surface area contributed by atoms with Crippen LogP contribution in [0.4, 0.5) is 0 Å². The Labute approximate surface area is 160 Å². The van der Waals surface area contributed by atoms with Crippen LogP contribution in [0.25, 0.3) is 0 Å². The molecular formula is C21H28N2O2S. The Bertz CT molecular complexity index is 662. The summed E-state index contributed by atoms with van der Waals surface area (Å²) in [6.45, 7) is 2.91. The van der Waals surface area contributed by atoms with Crippen molar-refractivity contribution in [2.45, 2.75) is 38.1 Å². The van der Waals surface area contributed by atoms with Crippen LogP contribution in [0.2, 0.25) is 0 Å². The normalized spacial score (nSPS) is 16.7. The molecule has 5 heteroatoms. The highest BCUT2D eigenvalue weighted by atomic mass is 32.1. The first-order valence-electron chi connectivity index (χ1n) is 9.42. The van der Waals surface area contributed by atoms with E-state index in [9.17, 15) is 4.79 Å². The van der Waals surface area contributed by atoms with Crippen LogP contribution in [0, 0.1) is 0 Å². The van der Waals surface area contributed by atoms with Gasteiger partial charge in [-0.05, 0) is 66.0 Å². The standard InChI is InChI=1S/C21H28N2O2S/c1-25-19-8-6-17(7-9-19)14-21(24)22-15-20(18-10-13-26-16-18)23-11-4-2-3-5-12-23/h6-10,13,16,20H,2-5,11-12,14-15H2,1H3,(H,22,24)/t20-/m1/s1. The summed E-state index contributed by atoms with van der Waals surface area (Å²) in [7, 11) is 1.65. The highest BCUT2D eigenvalue weighted by Gasteiger charge is 2.22. The highest BCUT2D eigenvalue weighted by Crippen LogP contribution is 2.25. The topological polar surface area (TPSA) is 41.6 Å². The van der Waals surface area contributed by atoms with Gasteiger partial charge in [0.25, 0.3) is 0 Å². The van der Waals surface area contributed by atoms with Crippen molar-refractivity contribution in [2.24, 2.45) is 0 Å². The molecule has 140 valence electrons. The number of amides is 1. The minimum atomic E-state index is 0.0743. The van der Waals surface area contributed by atoms with Crippen LogP contribution >= 0.6 is 11.3 Å². The van der Waals surface area contributed by atoms with E-state index < -0.39 is 0 Å². The maximum absolute atomic E-state index is 12.4. The molecule has 0 aliphatic carbocycles. The number of nitrogens with one attached hydrogen (secondary N) is 1. The van der Waals surface area contributed by atoms with E-state index >= 15 is 0 Å². The van der Waals surface area contributed by atoms with Crippen molar-refractivity contribution in [1.82, 2.24) is 10.2 Å². The number of nitrogens with zero attached hydrogens (tertiary/aromatic N) is 1. The molecule has 2 heterocycles. The van der Waals surface area contributed by atoms with Crippen LogP contribution in [0.3, 0.4) is 0 Å². The summed E-state index contributed by atoms with van der Waals surface area (Å²) in [4.78, 5) is 15.0. The van der Waals surface area contributed by atoms with Crippen molar-refractivity contribution >= 4 is 17.2 Å². The molecule has 1 aromatic carbocycles. The first kappa shape index (κ1) is 18.9. The summed E-state index contributed by atoms with van der Waals surface area (Å²) in [5.74, 6) is 0.887. The lowest BCUT2D eigenvalue weighted by Crippen LogP contribution is -2.39. The van der Waals surface area contributed by atoms with Crippen molar-refractivity contribution in [3.63, 3.8) is 0 Å². The number of thiophene rings is 1. The fourth-order valence-electron chi connectivity index (χ4n) is 3.53. The average Bonchev–Trinajstić information content (AvgIpc) is 3.05. The molecule has 1 aromatic heterocycles. The van der Waals surface area contributed by atoms with Crippen LogP contribution in [0.5, 0.6) is 5.75 Å². The third-order valence-electron chi connectivity index (χ3n) is 5.03. The highest BCUT2D eigenvalue weighted by molar-refractivity contribution is 7.07. The smallest absolute Gasteiger partial charge is 0.224 e. The van der Waals surface area contributed by atoms with Crippen molar-refractivity contribution < 1.29 is 9.53 Å². The summed E-state index contributed by atoms with van der Waals surface area (Å²) in [5.41, 5.74) is 2.33. The van der Waals surface area contributed by atoms with Crippen molar-refractivity contribution in [1.29, 1.82) is 0 Å². The van der Waals surface area contributed by atoms with Gasteiger partial charge in [-0.25, -0.2) is 0 Å². The van der Waals surface area contributed by atoms with E-state index in [2.05, 4.69) is 27.0 Å². The summed E-state index contributed by atoms with van der Waals surface area (Å²) in [6, 6.07) is 10.2. The molecule has 1 N–H and O–H groups in total. The Kier molecular flexibility index (Phi) is 7.09. The summed E-state index contributed by atoms with van der Waals surface area (Å²) in [6.07, 6.45) is 5.54. The second-order valence-corrected chi connectivity index (χ2v) is 7.63. The number of hydrogen-bond donors (Lipinski definition) is 1. The first-order chi connectivity index (χ1) is 12.8. The molecule has 1 aliphatic rings. The summed E-state index contributed by atoms with van der Waals surface area (Å²) >= 11 is 1.73. The molecule has 0 saturated carbocycles. The number of methoxy groups -OCH3 is 1. The molecule has 3 rings (SSSR count). The predicted molar refractivity (Wildman–Crippen MR) is 107 cm³/mol.